The van der Waals surface area contributed by atoms with Gasteiger partial charge in [0.25, 0.3) is 0 Å². The Morgan fingerprint density at radius 3 is 2.46 bits per heavy atom. The van der Waals surface area contributed by atoms with Crippen molar-refractivity contribution in [1.29, 1.82) is 0 Å². The zero-order valence-corrected chi connectivity index (χ0v) is 8.37. The van der Waals surface area contributed by atoms with Crippen LogP contribution in [-0.4, -0.2) is 34.7 Å². The first-order valence-corrected chi connectivity index (χ1v) is 5.20. The summed E-state index contributed by atoms with van der Waals surface area (Å²) in [7, 11) is 2.19. The molecule has 2 aliphatic heterocycles. The van der Waals surface area contributed by atoms with Gasteiger partial charge in [-0.05, 0) is 39.2 Å². The Kier molecular flexibility index (Phi) is 2.20. The van der Waals surface area contributed by atoms with E-state index in [4.69, 9.17) is 0 Å². The van der Waals surface area contributed by atoms with Crippen LogP contribution in [0.25, 0.3) is 0 Å². The molecule has 2 atom stereocenters. The smallest absolute Gasteiger partial charge is 0.0711 e. The zero-order valence-electron chi connectivity index (χ0n) is 8.37. The van der Waals surface area contributed by atoms with Crippen LogP contribution in [0.15, 0.2) is 12.7 Å². The van der Waals surface area contributed by atoms with Crippen molar-refractivity contribution in [2.45, 2.75) is 49.8 Å². The lowest BCUT2D eigenvalue weighted by molar-refractivity contribution is -0.0417. The molecule has 2 aliphatic rings. The maximum Gasteiger partial charge on any atom is 0.0711 e. The van der Waals surface area contributed by atoms with Crippen LogP contribution in [-0.2, 0) is 0 Å². The molecule has 0 aromatic rings. The standard InChI is InChI=1S/C11H19NO/c1-3-6-11(13)7-9-4-5-10(8-11)12(9)2/h3,9-10,13H,1,4-8H2,2H3. The maximum atomic E-state index is 10.3. The van der Waals surface area contributed by atoms with Crippen LogP contribution in [0.2, 0.25) is 0 Å². The predicted octanol–water partition coefficient (Wildman–Crippen LogP) is 1.55. The molecular formula is C11H19NO. The van der Waals surface area contributed by atoms with Gasteiger partial charge in [-0.2, -0.15) is 0 Å². The fraction of sp³-hybridized carbons (Fsp3) is 0.818. The van der Waals surface area contributed by atoms with Gasteiger partial charge in [0.2, 0.25) is 0 Å². The molecule has 1 N–H and O–H groups in total. The van der Waals surface area contributed by atoms with E-state index in [1.165, 1.54) is 12.8 Å². The number of piperidine rings is 1. The van der Waals surface area contributed by atoms with Crippen molar-refractivity contribution < 1.29 is 5.11 Å². The number of hydrogen-bond acceptors (Lipinski definition) is 2. The van der Waals surface area contributed by atoms with Crippen LogP contribution in [0.5, 0.6) is 0 Å². The fourth-order valence-corrected chi connectivity index (χ4v) is 2.98. The van der Waals surface area contributed by atoms with Gasteiger partial charge in [0.15, 0.2) is 0 Å². The van der Waals surface area contributed by atoms with Crippen LogP contribution < -0.4 is 0 Å². The van der Waals surface area contributed by atoms with Crippen LogP contribution in [0.3, 0.4) is 0 Å². The molecule has 0 aliphatic carbocycles. The highest BCUT2D eigenvalue weighted by molar-refractivity contribution is 5.02. The number of aliphatic hydroxyl groups is 1. The van der Waals surface area contributed by atoms with Gasteiger partial charge in [-0.25, -0.2) is 0 Å². The summed E-state index contributed by atoms with van der Waals surface area (Å²) >= 11 is 0. The normalized spacial score (nSPS) is 45.1. The highest BCUT2D eigenvalue weighted by Gasteiger charge is 2.44. The summed E-state index contributed by atoms with van der Waals surface area (Å²) in [6.45, 7) is 3.72. The molecule has 0 saturated carbocycles. The summed E-state index contributed by atoms with van der Waals surface area (Å²) in [5, 5.41) is 10.3. The van der Waals surface area contributed by atoms with Gasteiger partial charge in [0.1, 0.15) is 0 Å². The van der Waals surface area contributed by atoms with Crippen molar-refractivity contribution in [2.24, 2.45) is 0 Å². The molecule has 2 heteroatoms. The summed E-state index contributed by atoms with van der Waals surface area (Å²) in [6, 6.07) is 1.23. The van der Waals surface area contributed by atoms with Gasteiger partial charge >= 0.3 is 0 Å². The van der Waals surface area contributed by atoms with Gasteiger partial charge in [-0.3, -0.25) is 0 Å². The highest BCUT2D eigenvalue weighted by atomic mass is 16.3. The molecule has 2 heterocycles. The summed E-state index contributed by atoms with van der Waals surface area (Å²) in [4.78, 5) is 2.44. The Hall–Kier alpha value is -0.340. The van der Waals surface area contributed by atoms with Crippen LogP contribution in [0.4, 0.5) is 0 Å². The Balaban J connectivity index is 2.09. The van der Waals surface area contributed by atoms with E-state index in [0.717, 1.165) is 19.3 Å². The first kappa shape index (κ1) is 9.22. The largest absolute Gasteiger partial charge is 0.389 e. The molecule has 0 radical (unpaired) electrons. The van der Waals surface area contributed by atoms with Crippen molar-refractivity contribution in [2.75, 3.05) is 7.05 Å². The van der Waals surface area contributed by atoms with E-state index in [0.29, 0.717) is 12.1 Å². The van der Waals surface area contributed by atoms with E-state index in [1.807, 2.05) is 6.08 Å². The molecule has 2 saturated heterocycles. The van der Waals surface area contributed by atoms with Crippen molar-refractivity contribution in [3.05, 3.63) is 12.7 Å². The quantitative estimate of drug-likeness (QED) is 0.653. The van der Waals surface area contributed by atoms with Gasteiger partial charge < -0.3 is 10.0 Å². The Labute approximate surface area is 80.2 Å². The monoisotopic (exact) mass is 181 g/mol. The summed E-state index contributed by atoms with van der Waals surface area (Å²) in [5.41, 5.74) is -0.444. The molecule has 74 valence electrons. The SMILES string of the molecule is C=CCC1(O)CC2CCC(C1)N2C. The van der Waals surface area contributed by atoms with Crippen LogP contribution >= 0.6 is 0 Å². The first-order valence-electron chi connectivity index (χ1n) is 5.20. The number of fused-ring (bicyclic) bond motifs is 2. The zero-order chi connectivity index (χ0) is 9.47. The minimum Gasteiger partial charge on any atom is -0.389 e. The topological polar surface area (TPSA) is 23.5 Å². The molecule has 0 spiro atoms. The van der Waals surface area contributed by atoms with Gasteiger partial charge in [0, 0.05) is 12.1 Å². The molecule has 2 fully saturated rings. The fourth-order valence-electron chi connectivity index (χ4n) is 2.98. The molecule has 2 unspecified atom stereocenters. The van der Waals surface area contributed by atoms with E-state index >= 15 is 0 Å². The predicted molar refractivity (Wildman–Crippen MR) is 53.6 cm³/mol. The van der Waals surface area contributed by atoms with Crippen LogP contribution in [0.1, 0.15) is 32.1 Å². The number of hydrogen-bond donors (Lipinski definition) is 1. The van der Waals surface area contributed by atoms with Crippen molar-refractivity contribution in [3.8, 4) is 0 Å². The van der Waals surface area contributed by atoms with E-state index < -0.39 is 5.60 Å². The lowest BCUT2D eigenvalue weighted by atomic mass is 9.84. The molecule has 0 aromatic heterocycles. The van der Waals surface area contributed by atoms with E-state index in [1.54, 1.807) is 0 Å². The molecule has 0 aromatic carbocycles. The van der Waals surface area contributed by atoms with Gasteiger partial charge in [-0.1, -0.05) is 6.08 Å². The molecule has 2 nitrogen and oxygen atoms in total. The van der Waals surface area contributed by atoms with E-state index in [-0.39, 0.29) is 0 Å². The van der Waals surface area contributed by atoms with E-state index in [2.05, 4.69) is 18.5 Å². The molecule has 0 amide bonds. The maximum absolute atomic E-state index is 10.3. The number of nitrogens with zero attached hydrogens (tertiary/aromatic N) is 1. The van der Waals surface area contributed by atoms with Crippen molar-refractivity contribution in [1.82, 2.24) is 4.90 Å². The molecular weight excluding hydrogens is 162 g/mol. The Morgan fingerprint density at radius 1 is 1.46 bits per heavy atom. The molecule has 2 bridgehead atoms. The van der Waals surface area contributed by atoms with Crippen molar-refractivity contribution in [3.63, 3.8) is 0 Å². The second kappa shape index (κ2) is 3.10. The van der Waals surface area contributed by atoms with Crippen LogP contribution in [0, 0.1) is 0 Å². The van der Waals surface area contributed by atoms with Crippen molar-refractivity contribution >= 4 is 0 Å². The lowest BCUT2D eigenvalue weighted by Gasteiger charge is -2.41. The molecule has 13 heavy (non-hydrogen) atoms. The highest BCUT2D eigenvalue weighted by Crippen LogP contribution is 2.41. The summed E-state index contributed by atoms with van der Waals surface area (Å²) < 4.78 is 0. The lowest BCUT2D eigenvalue weighted by Crippen LogP contribution is -2.48. The second-order valence-corrected chi connectivity index (χ2v) is 4.68. The minimum atomic E-state index is -0.444. The second-order valence-electron chi connectivity index (χ2n) is 4.68. The summed E-state index contributed by atoms with van der Waals surface area (Å²) in [5.74, 6) is 0. The van der Waals surface area contributed by atoms with Gasteiger partial charge in [-0.15, -0.1) is 6.58 Å². The third-order valence-corrected chi connectivity index (χ3v) is 3.74. The molecule has 2 rings (SSSR count). The summed E-state index contributed by atoms with van der Waals surface area (Å²) in [6.07, 6.45) is 7.01. The third kappa shape index (κ3) is 1.53. The minimum absolute atomic E-state index is 0.444. The average molecular weight is 181 g/mol. The third-order valence-electron chi connectivity index (χ3n) is 3.74. The average Bonchev–Trinajstić information content (AvgIpc) is 2.34. The first-order chi connectivity index (χ1) is 6.14. The van der Waals surface area contributed by atoms with E-state index in [9.17, 15) is 5.11 Å². The Morgan fingerprint density at radius 2 is 2.00 bits per heavy atom. The Bertz CT molecular complexity index is 200. The van der Waals surface area contributed by atoms with Gasteiger partial charge in [0.05, 0.1) is 5.60 Å². The number of rotatable bonds is 2.